The number of sulfonamides is 1. The van der Waals surface area contributed by atoms with Gasteiger partial charge in [0.2, 0.25) is 10.0 Å². The second-order valence-electron chi connectivity index (χ2n) is 4.97. The number of aryl methyl sites for hydroxylation is 2. The molecule has 0 aliphatic carbocycles. The first-order valence-electron chi connectivity index (χ1n) is 6.82. The molecule has 0 aliphatic heterocycles. The maximum atomic E-state index is 12.3. The Hall–Kier alpha value is -2.12. The second-order valence-corrected chi connectivity index (χ2v) is 6.73. The molecule has 0 unspecified atom stereocenters. The van der Waals surface area contributed by atoms with E-state index in [4.69, 9.17) is 5.11 Å². The molecule has 22 heavy (non-hydrogen) atoms. The number of nitrogens with one attached hydrogen (secondary N) is 1. The third-order valence-corrected chi connectivity index (χ3v) is 4.66. The minimum atomic E-state index is -3.75. The number of rotatable bonds is 6. The molecule has 0 atom stereocenters. The predicted octanol–water partition coefficient (Wildman–Crippen LogP) is 1.99. The molecule has 1 aromatic carbocycles. The molecule has 0 saturated carbocycles. The number of benzene rings is 1. The molecule has 0 bridgehead atoms. The molecule has 0 spiro atoms. The maximum absolute atomic E-state index is 12.3. The highest BCUT2D eigenvalue weighted by atomic mass is 32.2. The van der Waals surface area contributed by atoms with Gasteiger partial charge in [-0.15, -0.1) is 0 Å². The van der Waals surface area contributed by atoms with Gasteiger partial charge in [0.15, 0.2) is 0 Å². The molecule has 1 heterocycles. The lowest BCUT2D eigenvalue weighted by Crippen LogP contribution is -2.22. The highest BCUT2D eigenvalue weighted by molar-refractivity contribution is 7.89. The molecule has 0 fully saturated rings. The van der Waals surface area contributed by atoms with Crippen LogP contribution < -0.4 is 4.72 Å². The maximum Gasteiger partial charge on any atom is 0.352 e. The number of aromatic carboxylic acids is 1. The Morgan fingerprint density at radius 3 is 2.59 bits per heavy atom. The van der Waals surface area contributed by atoms with E-state index in [-0.39, 0.29) is 17.1 Å². The molecule has 0 aliphatic rings. The SMILES string of the molecule is CCn1cc(S(=O)(=O)NCc2cccc(C)c2)cc1C(=O)O. The molecule has 0 radical (unpaired) electrons. The first kappa shape index (κ1) is 16.3. The Morgan fingerprint density at radius 1 is 1.32 bits per heavy atom. The average molecular weight is 322 g/mol. The van der Waals surface area contributed by atoms with Gasteiger partial charge in [0, 0.05) is 19.3 Å². The van der Waals surface area contributed by atoms with E-state index in [0.717, 1.165) is 11.1 Å². The Morgan fingerprint density at radius 2 is 2.05 bits per heavy atom. The topological polar surface area (TPSA) is 88.4 Å². The summed E-state index contributed by atoms with van der Waals surface area (Å²) in [6.45, 7) is 4.22. The van der Waals surface area contributed by atoms with Crippen molar-refractivity contribution < 1.29 is 18.3 Å². The van der Waals surface area contributed by atoms with Gasteiger partial charge in [-0.05, 0) is 25.5 Å². The van der Waals surface area contributed by atoms with E-state index in [1.807, 2.05) is 31.2 Å². The quantitative estimate of drug-likeness (QED) is 0.851. The number of carboxylic acid groups (broad SMARTS) is 1. The summed E-state index contributed by atoms with van der Waals surface area (Å²) in [6.07, 6.45) is 1.34. The van der Waals surface area contributed by atoms with Gasteiger partial charge in [0.05, 0.1) is 0 Å². The Bertz CT molecular complexity index is 794. The van der Waals surface area contributed by atoms with Crippen LogP contribution in [0.15, 0.2) is 41.4 Å². The smallest absolute Gasteiger partial charge is 0.352 e. The fourth-order valence-corrected chi connectivity index (χ4v) is 3.21. The normalized spacial score (nSPS) is 11.5. The van der Waals surface area contributed by atoms with Crippen LogP contribution in [0, 0.1) is 6.92 Å². The molecule has 2 aromatic rings. The minimum absolute atomic E-state index is 0.0422. The molecular formula is C15H18N2O4S. The lowest BCUT2D eigenvalue weighted by molar-refractivity contribution is 0.0685. The van der Waals surface area contributed by atoms with Gasteiger partial charge < -0.3 is 9.67 Å². The first-order chi connectivity index (χ1) is 10.3. The van der Waals surface area contributed by atoms with E-state index in [9.17, 15) is 13.2 Å². The number of nitrogens with zero attached hydrogens (tertiary/aromatic N) is 1. The average Bonchev–Trinajstić information content (AvgIpc) is 2.91. The minimum Gasteiger partial charge on any atom is -0.477 e. The number of hydrogen-bond donors (Lipinski definition) is 2. The van der Waals surface area contributed by atoms with Gasteiger partial charge in [0.25, 0.3) is 0 Å². The van der Waals surface area contributed by atoms with Gasteiger partial charge in [-0.25, -0.2) is 17.9 Å². The van der Waals surface area contributed by atoms with Crippen LogP contribution in [0.3, 0.4) is 0 Å². The lowest BCUT2D eigenvalue weighted by Gasteiger charge is -2.06. The van der Waals surface area contributed by atoms with E-state index < -0.39 is 16.0 Å². The molecule has 6 nitrogen and oxygen atoms in total. The zero-order valence-electron chi connectivity index (χ0n) is 12.4. The van der Waals surface area contributed by atoms with Crippen LogP contribution in [0.25, 0.3) is 0 Å². The van der Waals surface area contributed by atoms with Crippen molar-refractivity contribution in [3.63, 3.8) is 0 Å². The molecule has 2 rings (SSSR count). The third kappa shape index (κ3) is 3.55. The van der Waals surface area contributed by atoms with Crippen molar-refractivity contribution in [2.45, 2.75) is 31.8 Å². The van der Waals surface area contributed by atoms with E-state index >= 15 is 0 Å². The number of aromatic nitrogens is 1. The molecule has 1 aromatic heterocycles. The summed E-state index contributed by atoms with van der Waals surface area (Å²) >= 11 is 0. The third-order valence-electron chi connectivity index (χ3n) is 3.29. The summed E-state index contributed by atoms with van der Waals surface area (Å²) in [5.41, 5.74) is 1.84. The van der Waals surface area contributed by atoms with Crippen LogP contribution in [0.1, 0.15) is 28.5 Å². The van der Waals surface area contributed by atoms with Crippen LogP contribution in [-0.2, 0) is 23.1 Å². The van der Waals surface area contributed by atoms with Crippen molar-refractivity contribution in [1.82, 2.24) is 9.29 Å². The van der Waals surface area contributed by atoms with E-state index in [1.165, 1.54) is 16.8 Å². The van der Waals surface area contributed by atoms with Gasteiger partial charge in [-0.3, -0.25) is 0 Å². The van der Waals surface area contributed by atoms with Crippen molar-refractivity contribution in [1.29, 1.82) is 0 Å². The monoisotopic (exact) mass is 322 g/mol. The molecule has 0 amide bonds. The van der Waals surface area contributed by atoms with Crippen molar-refractivity contribution in [3.05, 3.63) is 53.3 Å². The van der Waals surface area contributed by atoms with Crippen LogP contribution in [0.5, 0.6) is 0 Å². The van der Waals surface area contributed by atoms with Gasteiger partial charge in [-0.1, -0.05) is 29.8 Å². The highest BCUT2D eigenvalue weighted by Gasteiger charge is 2.20. The summed E-state index contributed by atoms with van der Waals surface area (Å²) < 4.78 is 28.4. The highest BCUT2D eigenvalue weighted by Crippen LogP contribution is 2.15. The van der Waals surface area contributed by atoms with Gasteiger partial charge in [0.1, 0.15) is 10.6 Å². The Labute approximate surface area is 129 Å². The van der Waals surface area contributed by atoms with Gasteiger partial charge >= 0.3 is 5.97 Å². The predicted molar refractivity (Wildman–Crippen MR) is 82.3 cm³/mol. The molecule has 2 N–H and O–H groups in total. The zero-order valence-corrected chi connectivity index (χ0v) is 13.2. The van der Waals surface area contributed by atoms with E-state index in [2.05, 4.69) is 4.72 Å². The molecular weight excluding hydrogens is 304 g/mol. The molecule has 0 saturated heterocycles. The summed E-state index contributed by atoms with van der Waals surface area (Å²) in [4.78, 5) is 11.1. The van der Waals surface area contributed by atoms with Crippen molar-refractivity contribution in [2.75, 3.05) is 0 Å². The van der Waals surface area contributed by atoms with Gasteiger partial charge in [-0.2, -0.15) is 0 Å². The Balaban J connectivity index is 2.22. The number of hydrogen-bond acceptors (Lipinski definition) is 3. The molecule has 118 valence electrons. The summed E-state index contributed by atoms with van der Waals surface area (Å²) in [6, 6.07) is 8.68. The van der Waals surface area contributed by atoms with Crippen molar-refractivity contribution in [2.24, 2.45) is 0 Å². The first-order valence-corrected chi connectivity index (χ1v) is 8.30. The van der Waals surface area contributed by atoms with Crippen molar-refractivity contribution in [3.8, 4) is 0 Å². The van der Waals surface area contributed by atoms with Crippen LogP contribution in [-0.4, -0.2) is 24.1 Å². The van der Waals surface area contributed by atoms with Crippen molar-refractivity contribution >= 4 is 16.0 Å². The fraction of sp³-hybridized carbons (Fsp3) is 0.267. The fourth-order valence-electron chi connectivity index (χ4n) is 2.16. The molecule has 7 heteroatoms. The zero-order chi connectivity index (χ0) is 16.3. The number of carboxylic acids is 1. The van der Waals surface area contributed by atoms with Crippen LogP contribution in [0.2, 0.25) is 0 Å². The van der Waals surface area contributed by atoms with Crippen LogP contribution in [0.4, 0.5) is 0 Å². The van der Waals surface area contributed by atoms with Crippen LogP contribution >= 0.6 is 0 Å². The standard InChI is InChI=1S/C15H18N2O4S/c1-3-17-10-13(8-14(17)15(18)19)22(20,21)16-9-12-6-4-5-11(2)7-12/h4-8,10,16H,3,9H2,1-2H3,(H,18,19). The van der Waals surface area contributed by atoms with E-state index in [0.29, 0.717) is 6.54 Å². The summed E-state index contributed by atoms with van der Waals surface area (Å²) in [5, 5.41) is 9.08. The second kappa shape index (κ2) is 6.33. The van der Waals surface area contributed by atoms with E-state index in [1.54, 1.807) is 6.92 Å². The Kier molecular flexibility index (Phi) is 4.68. The largest absolute Gasteiger partial charge is 0.477 e. The lowest BCUT2D eigenvalue weighted by atomic mass is 10.1. The summed E-state index contributed by atoms with van der Waals surface area (Å²) in [7, 11) is -3.75. The number of carbonyl (C=O) groups is 1. The summed E-state index contributed by atoms with van der Waals surface area (Å²) in [5.74, 6) is -1.15.